The van der Waals surface area contributed by atoms with Gasteiger partial charge in [-0.2, -0.15) is 26.3 Å². The van der Waals surface area contributed by atoms with Crippen molar-refractivity contribution >= 4 is 45.3 Å². The topological polar surface area (TPSA) is 119 Å². The van der Waals surface area contributed by atoms with E-state index in [9.17, 15) is 35.9 Å². The van der Waals surface area contributed by atoms with Gasteiger partial charge in [0.2, 0.25) is 0 Å². The normalized spacial score (nSPS) is 18.5. The number of fused-ring (bicyclic) bond motifs is 2. The Morgan fingerprint density at radius 1 is 0.620 bits per heavy atom. The Balaban J connectivity index is 0.000000225. The molecule has 4 aromatic rings. The van der Waals surface area contributed by atoms with Gasteiger partial charge in [0, 0.05) is 69.1 Å². The van der Waals surface area contributed by atoms with Gasteiger partial charge in [-0.05, 0) is 69.9 Å². The lowest BCUT2D eigenvalue weighted by atomic mass is 10.0. The van der Waals surface area contributed by atoms with E-state index in [1.807, 2.05) is 39.7 Å². The van der Waals surface area contributed by atoms with Crippen LogP contribution in [0.25, 0.3) is 22.1 Å². The molecule has 0 amide bonds. The minimum absolute atomic E-state index is 0.00599. The van der Waals surface area contributed by atoms with Gasteiger partial charge >= 0.3 is 12.4 Å². The van der Waals surface area contributed by atoms with Crippen LogP contribution in [0.5, 0.6) is 0 Å². The number of halogens is 6. The van der Waals surface area contributed by atoms with E-state index in [0.717, 1.165) is 115 Å². The minimum atomic E-state index is -4.66. The van der Waals surface area contributed by atoms with Crippen LogP contribution in [0, 0.1) is 0 Å². The van der Waals surface area contributed by atoms with Gasteiger partial charge in [0.25, 0.3) is 0 Å². The van der Waals surface area contributed by atoms with Gasteiger partial charge in [-0.15, -0.1) is 0 Å². The summed E-state index contributed by atoms with van der Waals surface area (Å²) in [4.78, 5) is 39.6. The Morgan fingerprint density at radius 2 is 1.13 bits per heavy atom. The fourth-order valence-corrected chi connectivity index (χ4v) is 10.7. The quantitative estimate of drug-likeness (QED) is 0.0934. The van der Waals surface area contributed by atoms with Crippen molar-refractivity contribution in [2.75, 3.05) is 73.0 Å². The van der Waals surface area contributed by atoms with Gasteiger partial charge in [-0.1, -0.05) is 92.9 Å². The van der Waals surface area contributed by atoms with E-state index < -0.39 is 34.3 Å². The monoisotopic (exact) mass is 1000 g/mol. The van der Waals surface area contributed by atoms with E-state index in [1.54, 1.807) is 0 Å². The maximum absolute atomic E-state index is 14.4. The lowest BCUT2D eigenvalue weighted by molar-refractivity contribution is -0.137. The number of pyridine rings is 4. The molecule has 0 radical (unpaired) electrons. The number of nitrogens with zero attached hydrogens (tertiary/aromatic N) is 6. The van der Waals surface area contributed by atoms with Gasteiger partial charge in [0.15, 0.2) is 10.9 Å². The molecule has 0 spiro atoms. The van der Waals surface area contributed by atoms with Crippen LogP contribution < -0.4 is 31.3 Å². The lowest BCUT2D eigenvalue weighted by Crippen LogP contribution is -2.37. The van der Waals surface area contributed by atoms with Gasteiger partial charge in [0.05, 0.1) is 41.7 Å². The number of anilines is 4. The summed E-state index contributed by atoms with van der Waals surface area (Å²) in [7, 11) is 0. The highest BCUT2D eigenvalue weighted by Gasteiger charge is 2.38. The minimum Gasteiger partial charge on any atom is -0.380 e. The lowest BCUT2D eigenvalue weighted by Gasteiger charge is -2.31. The molecule has 71 heavy (non-hydrogen) atoms. The fraction of sp³-hybridized carbons (Fsp3) is 0.698. The molecule has 0 aromatic carbocycles. The molecule has 8 rings (SSSR count). The number of rotatable bonds is 14. The molecule has 2 aliphatic carbocycles. The van der Waals surface area contributed by atoms with E-state index in [1.165, 1.54) is 12.1 Å². The van der Waals surface area contributed by atoms with Crippen LogP contribution in [-0.2, 0) is 21.8 Å². The number of aromatic nitrogens is 4. The summed E-state index contributed by atoms with van der Waals surface area (Å²) in [6.45, 7) is 16.1. The fourth-order valence-electron chi connectivity index (χ4n) is 10.7. The summed E-state index contributed by atoms with van der Waals surface area (Å²) in [6.07, 6.45) is 6.74. The molecule has 18 heteroatoms. The van der Waals surface area contributed by atoms with Crippen LogP contribution in [0.4, 0.5) is 49.6 Å². The second-order valence-electron chi connectivity index (χ2n) is 19.2. The molecule has 4 aliphatic rings. The van der Waals surface area contributed by atoms with Gasteiger partial charge in [0.1, 0.15) is 34.6 Å². The van der Waals surface area contributed by atoms with Crippen molar-refractivity contribution in [2.45, 2.75) is 187 Å². The van der Waals surface area contributed by atoms with Crippen molar-refractivity contribution in [2.24, 2.45) is 0 Å². The number of ether oxygens (including phenoxy) is 2. The summed E-state index contributed by atoms with van der Waals surface area (Å²) in [5.74, 6) is 1.69. The number of hydrogen-bond donors (Lipinski definition) is 2. The predicted molar refractivity (Wildman–Crippen MR) is 274 cm³/mol. The summed E-state index contributed by atoms with van der Waals surface area (Å²) < 4.78 is 100. The average molecular weight is 1010 g/mol. The smallest absolute Gasteiger partial charge is 0.380 e. The zero-order valence-electron chi connectivity index (χ0n) is 42.9. The van der Waals surface area contributed by atoms with Crippen molar-refractivity contribution in [3.63, 3.8) is 0 Å². The highest BCUT2D eigenvalue weighted by molar-refractivity contribution is 5.85. The Labute approximate surface area is 415 Å². The molecule has 0 bridgehead atoms. The van der Waals surface area contributed by atoms with Gasteiger partial charge in [-0.3, -0.25) is 9.59 Å². The van der Waals surface area contributed by atoms with Crippen LogP contribution in [0.2, 0.25) is 0 Å². The van der Waals surface area contributed by atoms with Crippen LogP contribution in [0.1, 0.15) is 174 Å². The van der Waals surface area contributed by atoms with Crippen LogP contribution in [-0.4, -0.2) is 83.8 Å². The standard InChI is InChI=1S/C27H39F3N4O2.C24H33F3N4O2.C2H6/c1-3-10-19(4-2)31-24-18-22(35)25-21(27(28,29)30)17-23(33-13-9-15-36-16-14-33)32-26(25)34(24)20-11-7-5-6-8-12-20;1-3-7-17(4-2)31-21(28-16-8-5-6-9-16)15-19(32)22-18(24(25,26)27)14-20(29-23(22)31)30-10-12-33-13-11-30;1-2/h17-20,31H,3-16H2,1-2H3;14-17,28H,3-13H2,1-2H3;1-2H3. The molecular weight excluding hydrogens is 927 g/mol. The molecule has 2 unspecified atom stereocenters. The van der Waals surface area contributed by atoms with Crippen LogP contribution in [0.3, 0.4) is 0 Å². The molecule has 2 saturated heterocycles. The Bertz CT molecular complexity index is 2430. The molecule has 2 N–H and O–H groups in total. The Kier molecular flexibility index (Phi) is 20.3. The molecule has 2 atom stereocenters. The third-order valence-electron chi connectivity index (χ3n) is 14.3. The second-order valence-corrected chi connectivity index (χ2v) is 19.2. The Morgan fingerprint density at radius 3 is 1.66 bits per heavy atom. The van der Waals surface area contributed by atoms with Crippen molar-refractivity contribution < 1.29 is 35.8 Å². The third-order valence-corrected chi connectivity index (χ3v) is 14.3. The molecule has 396 valence electrons. The van der Waals surface area contributed by atoms with E-state index in [-0.39, 0.29) is 57.9 Å². The third kappa shape index (κ3) is 13.7. The zero-order chi connectivity index (χ0) is 51.3. The second kappa shape index (κ2) is 25.9. The van der Waals surface area contributed by atoms with Crippen LogP contribution in [0.15, 0.2) is 33.9 Å². The van der Waals surface area contributed by atoms with E-state index >= 15 is 0 Å². The van der Waals surface area contributed by atoms with E-state index in [0.29, 0.717) is 70.7 Å². The summed E-state index contributed by atoms with van der Waals surface area (Å²) >= 11 is 0. The molecule has 4 aromatic heterocycles. The summed E-state index contributed by atoms with van der Waals surface area (Å²) in [5, 5.41) is 6.34. The van der Waals surface area contributed by atoms with Crippen molar-refractivity contribution in [1.29, 1.82) is 0 Å². The zero-order valence-corrected chi connectivity index (χ0v) is 42.9. The highest BCUT2D eigenvalue weighted by Crippen LogP contribution is 2.41. The van der Waals surface area contributed by atoms with E-state index in [4.69, 9.17) is 19.4 Å². The number of nitrogens with one attached hydrogen (secondary N) is 2. The van der Waals surface area contributed by atoms with Crippen molar-refractivity contribution in [3.05, 3.63) is 55.8 Å². The van der Waals surface area contributed by atoms with Crippen molar-refractivity contribution in [3.8, 4) is 0 Å². The Hall–Kier alpha value is -4.58. The first-order valence-corrected chi connectivity index (χ1v) is 26.7. The molecule has 6 heterocycles. The van der Waals surface area contributed by atoms with Gasteiger partial charge < -0.3 is 39.0 Å². The first-order chi connectivity index (χ1) is 34.2. The van der Waals surface area contributed by atoms with Crippen molar-refractivity contribution in [1.82, 2.24) is 19.1 Å². The molecule has 2 saturated carbocycles. The molecular formula is C53H78F6N8O4. The maximum atomic E-state index is 14.4. The largest absolute Gasteiger partial charge is 0.417 e. The number of morpholine rings is 1. The first kappa shape index (κ1) is 55.7. The number of hydrogen-bond acceptors (Lipinski definition) is 10. The summed E-state index contributed by atoms with van der Waals surface area (Å²) in [5.41, 5.74) is -2.80. The van der Waals surface area contributed by atoms with Crippen LogP contribution >= 0.6 is 0 Å². The molecule has 2 aliphatic heterocycles. The molecule has 12 nitrogen and oxygen atoms in total. The summed E-state index contributed by atoms with van der Waals surface area (Å²) in [6, 6.07) is 5.11. The maximum Gasteiger partial charge on any atom is 0.417 e. The average Bonchev–Trinajstić information content (AvgIpc) is 3.53. The number of alkyl halides is 6. The van der Waals surface area contributed by atoms with Gasteiger partial charge in [-0.25, -0.2) is 9.97 Å². The first-order valence-electron chi connectivity index (χ1n) is 26.7. The van der Waals surface area contributed by atoms with E-state index in [2.05, 4.69) is 31.4 Å². The SMILES string of the molecule is CC.CCCC(CC)Nc1cc(=O)c2c(C(F)(F)F)cc(N3CCCOCC3)nc2n1C1CCCCCC1.CCCC(CC)n1c(NC2CCCC2)cc(=O)c2c(C(F)(F)F)cc(N3CCOCC3)nc21. The molecule has 4 fully saturated rings. The highest BCUT2D eigenvalue weighted by atomic mass is 19.4. The predicted octanol–water partition coefficient (Wildman–Crippen LogP) is 12.9.